The third kappa shape index (κ3) is 4.57. The van der Waals surface area contributed by atoms with E-state index in [4.69, 9.17) is 13.7 Å². The van der Waals surface area contributed by atoms with Crippen molar-refractivity contribution < 1.29 is 13.7 Å². The number of ether oxygens (including phenoxy) is 1. The van der Waals surface area contributed by atoms with E-state index in [0.717, 1.165) is 31.2 Å². The van der Waals surface area contributed by atoms with Gasteiger partial charge >= 0.3 is 0 Å². The van der Waals surface area contributed by atoms with E-state index in [1.54, 1.807) is 13.4 Å². The second-order valence-electron chi connectivity index (χ2n) is 7.10. The number of hydrogen-bond acceptors (Lipinski definition) is 6. The van der Waals surface area contributed by atoms with Gasteiger partial charge in [-0.3, -0.25) is 4.90 Å². The van der Waals surface area contributed by atoms with Gasteiger partial charge in [0.1, 0.15) is 5.75 Å². The third-order valence-electron chi connectivity index (χ3n) is 5.28. The van der Waals surface area contributed by atoms with Crippen LogP contribution < -0.4 is 4.74 Å². The molecule has 1 fully saturated rings. The first-order valence-electron chi connectivity index (χ1n) is 9.52. The van der Waals surface area contributed by atoms with Crippen molar-refractivity contribution in [3.05, 3.63) is 54.1 Å². The molecule has 27 heavy (non-hydrogen) atoms. The Kier molecular flexibility index (Phi) is 5.53. The number of methoxy groups -OCH3 is 1. The van der Waals surface area contributed by atoms with Gasteiger partial charge in [-0.05, 0) is 74.5 Å². The Hall–Kier alpha value is -2.60. The third-order valence-corrected chi connectivity index (χ3v) is 5.28. The van der Waals surface area contributed by atoms with Crippen LogP contribution in [0.5, 0.6) is 5.75 Å². The molecule has 0 bridgehead atoms. The Labute approximate surface area is 159 Å². The molecule has 142 valence electrons. The van der Waals surface area contributed by atoms with Crippen LogP contribution in [0, 0.1) is 5.92 Å². The number of furan rings is 1. The second kappa shape index (κ2) is 8.39. The summed E-state index contributed by atoms with van der Waals surface area (Å²) in [4.78, 5) is 6.82. The van der Waals surface area contributed by atoms with E-state index in [2.05, 4.69) is 27.2 Å². The van der Waals surface area contributed by atoms with Crippen LogP contribution in [0.15, 0.2) is 51.6 Å². The summed E-state index contributed by atoms with van der Waals surface area (Å²) in [5.74, 6) is 3.51. The number of benzene rings is 1. The van der Waals surface area contributed by atoms with Gasteiger partial charge in [0.15, 0.2) is 5.76 Å². The molecule has 0 radical (unpaired) electrons. The molecule has 1 aliphatic heterocycles. The minimum atomic E-state index is 0.518. The number of nitrogens with zero attached hydrogens (tertiary/aromatic N) is 3. The zero-order chi connectivity index (χ0) is 18.5. The van der Waals surface area contributed by atoms with Crippen molar-refractivity contribution in [2.45, 2.75) is 32.2 Å². The molecule has 0 N–H and O–H groups in total. The topological polar surface area (TPSA) is 64.5 Å². The lowest BCUT2D eigenvalue weighted by molar-refractivity contribution is 0.155. The quantitative estimate of drug-likeness (QED) is 0.624. The minimum absolute atomic E-state index is 0.518. The van der Waals surface area contributed by atoms with Crippen molar-refractivity contribution in [2.24, 2.45) is 5.92 Å². The average molecular weight is 367 g/mol. The van der Waals surface area contributed by atoms with Crippen molar-refractivity contribution >= 4 is 0 Å². The van der Waals surface area contributed by atoms with Gasteiger partial charge in [0.25, 0.3) is 0 Å². The van der Waals surface area contributed by atoms with Gasteiger partial charge in [-0.25, -0.2) is 0 Å². The SMILES string of the molecule is COc1ccc(CCC2CCN(Cc3nc(-c4ccco4)no3)CC2)cc1. The maximum absolute atomic E-state index is 5.37. The van der Waals surface area contributed by atoms with Crippen molar-refractivity contribution in [2.75, 3.05) is 20.2 Å². The van der Waals surface area contributed by atoms with Crippen LogP contribution >= 0.6 is 0 Å². The fourth-order valence-corrected chi connectivity index (χ4v) is 3.61. The number of aromatic nitrogens is 2. The summed E-state index contributed by atoms with van der Waals surface area (Å²) in [5.41, 5.74) is 1.38. The van der Waals surface area contributed by atoms with Crippen molar-refractivity contribution in [3.63, 3.8) is 0 Å². The molecule has 1 aliphatic rings. The normalized spacial score (nSPS) is 15.9. The molecule has 0 atom stereocenters. The highest BCUT2D eigenvalue weighted by Crippen LogP contribution is 2.24. The molecule has 0 spiro atoms. The van der Waals surface area contributed by atoms with Gasteiger partial charge in [0.05, 0.1) is 19.9 Å². The number of likely N-dealkylation sites (tertiary alicyclic amines) is 1. The molecule has 1 saturated heterocycles. The van der Waals surface area contributed by atoms with Crippen LogP contribution in [0.3, 0.4) is 0 Å². The average Bonchev–Trinajstić information content (AvgIpc) is 3.40. The summed E-state index contributed by atoms with van der Waals surface area (Å²) < 4.78 is 15.9. The Morgan fingerprint density at radius 3 is 2.67 bits per heavy atom. The van der Waals surface area contributed by atoms with E-state index in [9.17, 15) is 0 Å². The van der Waals surface area contributed by atoms with Gasteiger partial charge in [0.2, 0.25) is 11.7 Å². The standard InChI is InChI=1S/C21H25N3O3/c1-25-18-8-6-16(7-9-18)4-5-17-10-12-24(13-11-17)15-20-22-21(23-27-20)19-3-2-14-26-19/h2-3,6-9,14,17H,4-5,10-13,15H2,1H3. The summed E-state index contributed by atoms with van der Waals surface area (Å²) in [6, 6.07) is 12.1. The fraction of sp³-hybridized carbons (Fsp3) is 0.429. The van der Waals surface area contributed by atoms with Gasteiger partial charge in [-0.15, -0.1) is 0 Å². The predicted octanol–water partition coefficient (Wildman–Crippen LogP) is 4.18. The van der Waals surface area contributed by atoms with Gasteiger partial charge in [0, 0.05) is 0 Å². The van der Waals surface area contributed by atoms with E-state index in [1.807, 2.05) is 24.3 Å². The zero-order valence-corrected chi connectivity index (χ0v) is 15.6. The summed E-state index contributed by atoms with van der Waals surface area (Å²) in [6.07, 6.45) is 6.42. The highest BCUT2D eigenvalue weighted by molar-refractivity contribution is 5.44. The Balaban J connectivity index is 1.22. The van der Waals surface area contributed by atoms with Crippen LogP contribution in [-0.4, -0.2) is 35.2 Å². The second-order valence-corrected chi connectivity index (χ2v) is 7.10. The van der Waals surface area contributed by atoms with Crippen LogP contribution in [0.25, 0.3) is 11.6 Å². The van der Waals surface area contributed by atoms with Crippen LogP contribution in [-0.2, 0) is 13.0 Å². The lowest BCUT2D eigenvalue weighted by atomic mass is 9.90. The zero-order valence-electron chi connectivity index (χ0n) is 15.6. The Morgan fingerprint density at radius 1 is 1.15 bits per heavy atom. The largest absolute Gasteiger partial charge is 0.497 e. The number of aryl methyl sites for hydroxylation is 1. The Morgan fingerprint density at radius 2 is 1.96 bits per heavy atom. The predicted molar refractivity (Wildman–Crippen MR) is 101 cm³/mol. The molecule has 4 rings (SSSR count). The summed E-state index contributed by atoms with van der Waals surface area (Å²) in [5, 5.41) is 4.00. The molecular formula is C21H25N3O3. The molecule has 3 aromatic rings. The highest BCUT2D eigenvalue weighted by Gasteiger charge is 2.21. The number of hydrogen-bond donors (Lipinski definition) is 0. The summed E-state index contributed by atoms with van der Waals surface area (Å²) in [6.45, 7) is 2.86. The molecule has 0 aliphatic carbocycles. The molecule has 0 amide bonds. The lowest BCUT2D eigenvalue weighted by Crippen LogP contribution is -2.33. The fourth-order valence-electron chi connectivity index (χ4n) is 3.61. The van der Waals surface area contributed by atoms with Crippen LogP contribution in [0.1, 0.15) is 30.7 Å². The van der Waals surface area contributed by atoms with E-state index >= 15 is 0 Å². The van der Waals surface area contributed by atoms with Crippen LogP contribution in [0.2, 0.25) is 0 Å². The van der Waals surface area contributed by atoms with Gasteiger partial charge in [-0.2, -0.15) is 4.98 Å². The van der Waals surface area contributed by atoms with Gasteiger partial charge in [-0.1, -0.05) is 17.3 Å². The van der Waals surface area contributed by atoms with Crippen LogP contribution in [0.4, 0.5) is 0 Å². The highest BCUT2D eigenvalue weighted by atomic mass is 16.5. The molecule has 0 unspecified atom stereocenters. The van der Waals surface area contributed by atoms with E-state index in [1.165, 1.54) is 24.8 Å². The van der Waals surface area contributed by atoms with Gasteiger partial charge < -0.3 is 13.7 Å². The molecule has 0 saturated carbocycles. The molecule has 1 aromatic carbocycles. The summed E-state index contributed by atoms with van der Waals surface area (Å²) >= 11 is 0. The molecule has 2 aromatic heterocycles. The molecule has 6 heteroatoms. The first kappa shape index (κ1) is 17.8. The minimum Gasteiger partial charge on any atom is -0.497 e. The monoisotopic (exact) mass is 367 g/mol. The molecule has 3 heterocycles. The molecular weight excluding hydrogens is 342 g/mol. The lowest BCUT2D eigenvalue weighted by Gasteiger charge is -2.30. The van der Waals surface area contributed by atoms with Crippen molar-refractivity contribution in [1.82, 2.24) is 15.0 Å². The maximum atomic E-state index is 5.37. The smallest absolute Gasteiger partial charge is 0.241 e. The molecule has 6 nitrogen and oxygen atoms in total. The first-order chi connectivity index (χ1) is 13.3. The first-order valence-corrected chi connectivity index (χ1v) is 9.52. The Bertz CT molecular complexity index is 819. The number of piperidine rings is 1. The van der Waals surface area contributed by atoms with E-state index in [0.29, 0.717) is 24.0 Å². The van der Waals surface area contributed by atoms with E-state index in [-0.39, 0.29) is 0 Å². The van der Waals surface area contributed by atoms with E-state index < -0.39 is 0 Å². The van der Waals surface area contributed by atoms with Crippen molar-refractivity contribution in [1.29, 1.82) is 0 Å². The summed E-state index contributed by atoms with van der Waals surface area (Å²) in [7, 11) is 1.70. The number of rotatable bonds is 7. The maximum Gasteiger partial charge on any atom is 0.241 e. The van der Waals surface area contributed by atoms with Crippen molar-refractivity contribution in [3.8, 4) is 17.3 Å².